The topological polar surface area (TPSA) is 79.5 Å². The Labute approximate surface area is 123 Å². The van der Waals surface area contributed by atoms with Gasteiger partial charge in [-0.05, 0) is 19.4 Å². The van der Waals surface area contributed by atoms with Gasteiger partial charge in [-0.1, -0.05) is 0 Å². The van der Waals surface area contributed by atoms with Crippen molar-refractivity contribution in [3.63, 3.8) is 0 Å². The van der Waals surface area contributed by atoms with Crippen LogP contribution in [0.4, 0.5) is 0 Å². The van der Waals surface area contributed by atoms with Gasteiger partial charge in [-0.15, -0.1) is 5.10 Å². The normalized spacial score (nSPS) is 10.3. The van der Waals surface area contributed by atoms with E-state index in [4.69, 9.17) is 19.9 Å². The predicted molar refractivity (Wildman–Crippen MR) is 79.0 cm³/mol. The molecule has 0 aliphatic rings. The van der Waals surface area contributed by atoms with Crippen LogP contribution >= 0.6 is 0 Å². The summed E-state index contributed by atoms with van der Waals surface area (Å²) in [6.45, 7) is 4.17. The number of hydrogen-bond donors (Lipinski definition) is 1. The molecule has 2 N–H and O–H groups in total. The second kappa shape index (κ2) is 6.41. The van der Waals surface area contributed by atoms with Crippen molar-refractivity contribution < 1.29 is 14.2 Å². The van der Waals surface area contributed by atoms with Gasteiger partial charge >= 0.3 is 0 Å². The van der Waals surface area contributed by atoms with Gasteiger partial charge in [0.25, 0.3) is 0 Å². The molecule has 112 valence electrons. The van der Waals surface area contributed by atoms with Crippen LogP contribution in [0.25, 0.3) is 0 Å². The highest BCUT2D eigenvalue weighted by atomic mass is 16.5. The molecule has 0 aliphatic heterocycles. The smallest absolute Gasteiger partial charge is 0.243 e. The molecule has 0 atom stereocenters. The van der Waals surface area contributed by atoms with Crippen LogP contribution in [-0.4, -0.2) is 24.4 Å². The Morgan fingerprint density at radius 1 is 0.952 bits per heavy atom. The van der Waals surface area contributed by atoms with Gasteiger partial charge in [0.15, 0.2) is 0 Å². The minimum atomic E-state index is 0.332. The van der Waals surface area contributed by atoms with Crippen LogP contribution < -0.4 is 19.9 Å². The van der Waals surface area contributed by atoms with Crippen LogP contribution in [0.2, 0.25) is 0 Å². The monoisotopic (exact) mass is 289 g/mol. The van der Waals surface area contributed by atoms with E-state index < -0.39 is 0 Å². The van der Waals surface area contributed by atoms with E-state index in [1.54, 1.807) is 32.4 Å². The van der Waals surface area contributed by atoms with Gasteiger partial charge in [0.2, 0.25) is 5.88 Å². The Hall–Kier alpha value is -2.34. The number of ether oxygens (including phenoxy) is 3. The first-order chi connectivity index (χ1) is 10.1. The van der Waals surface area contributed by atoms with E-state index in [1.807, 2.05) is 13.8 Å². The maximum Gasteiger partial charge on any atom is 0.243 e. The molecule has 0 amide bonds. The molecule has 6 heteroatoms. The van der Waals surface area contributed by atoms with Gasteiger partial charge in [0.05, 0.1) is 19.9 Å². The first kappa shape index (κ1) is 15.1. The van der Waals surface area contributed by atoms with Crippen LogP contribution in [0.3, 0.4) is 0 Å². The largest absolute Gasteiger partial charge is 0.496 e. The zero-order valence-electron chi connectivity index (χ0n) is 12.6. The van der Waals surface area contributed by atoms with Crippen molar-refractivity contribution in [2.75, 3.05) is 14.2 Å². The number of hydrogen-bond acceptors (Lipinski definition) is 6. The van der Waals surface area contributed by atoms with E-state index >= 15 is 0 Å². The van der Waals surface area contributed by atoms with Crippen LogP contribution in [0.1, 0.15) is 16.8 Å². The lowest BCUT2D eigenvalue weighted by Gasteiger charge is -2.13. The Morgan fingerprint density at radius 2 is 1.52 bits per heavy atom. The zero-order chi connectivity index (χ0) is 15.4. The second-order valence-corrected chi connectivity index (χ2v) is 4.55. The molecule has 0 unspecified atom stereocenters. The second-order valence-electron chi connectivity index (χ2n) is 4.55. The molecule has 1 aromatic heterocycles. The Bertz CT molecular complexity index is 622. The third-order valence-electron chi connectivity index (χ3n) is 3.29. The molecule has 0 aliphatic carbocycles. The van der Waals surface area contributed by atoms with Crippen molar-refractivity contribution in [3.8, 4) is 23.1 Å². The average Bonchev–Trinajstić information content (AvgIpc) is 2.51. The number of aromatic nitrogens is 2. The minimum Gasteiger partial charge on any atom is -0.496 e. The first-order valence-electron chi connectivity index (χ1n) is 6.52. The molecule has 0 saturated heterocycles. The Kier molecular flexibility index (Phi) is 4.59. The van der Waals surface area contributed by atoms with E-state index in [-0.39, 0.29) is 0 Å². The summed E-state index contributed by atoms with van der Waals surface area (Å²) in [6.07, 6.45) is 0. The number of methoxy groups -OCH3 is 2. The number of nitrogens with two attached hydrogens (primary N) is 1. The third-order valence-corrected chi connectivity index (χ3v) is 3.29. The molecular formula is C15H19N3O3. The fraction of sp³-hybridized carbons (Fsp3) is 0.333. The van der Waals surface area contributed by atoms with Crippen LogP contribution in [0, 0.1) is 13.8 Å². The van der Waals surface area contributed by atoms with E-state index in [0.717, 1.165) is 16.8 Å². The molecule has 1 heterocycles. The van der Waals surface area contributed by atoms with Crippen LogP contribution in [-0.2, 0) is 6.54 Å². The fourth-order valence-electron chi connectivity index (χ4n) is 1.91. The van der Waals surface area contributed by atoms with E-state index in [0.29, 0.717) is 29.7 Å². The van der Waals surface area contributed by atoms with Crippen molar-refractivity contribution in [1.29, 1.82) is 0 Å². The number of benzene rings is 1. The maximum atomic E-state index is 5.81. The Balaban J connectivity index is 2.40. The summed E-state index contributed by atoms with van der Waals surface area (Å²) >= 11 is 0. The van der Waals surface area contributed by atoms with Crippen LogP contribution in [0.5, 0.6) is 23.1 Å². The summed E-state index contributed by atoms with van der Waals surface area (Å²) in [5, 5.41) is 8.16. The van der Waals surface area contributed by atoms with E-state index in [9.17, 15) is 0 Å². The third kappa shape index (κ3) is 3.22. The summed E-state index contributed by atoms with van der Waals surface area (Å²) < 4.78 is 16.2. The molecule has 2 aromatic rings. The molecular weight excluding hydrogens is 270 g/mol. The standard InChI is InChI=1S/C15H19N3O3/c1-9-10(2)17-18-15(14(9)8-16)21-13-6-11(19-3)5-12(7-13)20-4/h5-7H,8,16H2,1-4H3. The SMILES string of the molecule is COc1cc(OC)cc(Oc2nnc(C)c(C)c2CN)c1. The molecule has 6 nitrogen and oxygen atoms in total. The summed E-state index contributed by atoms with van der Waals surface area (Å²) in [5.74, 6) is 2.22. The lowest BCUT2D eigenvalue weighted by molar-refractivity contribution is 0.383. The van der Waals surface area contributed by atoms with E-state index in [2.05, 4.69) is 10.2 Å². The average molecular weight is 289 g/mol. The minimum absolute atomic E-state index is 0.332. The van der Waals surface area contributed by atoms with Crippen molar-refractivity contribution in [2.45, 2.75) is 20.4 Å². The first-order valence-corrected chi connectivity index (χ1v) is 6.52. The van der Waals surface area contributed by atoms with E-state index in [1.165, 1.54) is 0 Å². The zero-order valence-corrected chi connectivity index (χ0v) is 12.6. The van der Waals surface area contributed by atoms with Gasteiger partial charge in [-0.2, -0.15) is 5.10 Å². The number of aryl methyl sites for hydroxylation is 1. The molecule has 0 saturated carbocycles. The maximum absolute atomic E-state index is 5.81. The molecule has 0 radical (unpaired) electrons. The molecule has 0 bridgehead atoms. The van der Waals surface area contributed by atoms with Crippen molar-refractivity contribution in [1.82, 2.24) is 10.2 Å². The van der Waals surface area contributed by atoms with Gasteiger partial charge in [-0.3, -0.25) is 0 Å². The summed E-state index contributed by atoms with van der Waals surface area (Å²) in [7, 11) is 3.17. The van der Waals surface area contributed by atoms with Gasteiger partial charge in [-0.25, -0.2) is 0 Å². The molecule has 1 aromatic carbocycles. The van der Waals surface area contributed by atoms with Crippen molar-refractivity contribution in [2.24, 2.45) is 5.73 Å². The quantitative estimate of drug-likeness (QED) is 0.910. The summed E-state index contributed by atoms with van der Waals surface area (Å²) in [5.41, 5.74) is 8.45. The number of nitrogens with zero attached hydrogens (tertiary/aromatic N) is 2. The summed E-state index contributed by atoms with van der Waals surface area (Å²) in [4.78, 5) is 0. The Morgan fingerprint density at radius 3 is 2.05 bits per heavy atom. The predicted octanol–water partition coefficient (Wildman–Crippen LogP) is 2.36. The highest BCUT2D eigenvalue weighted by Crippen LogP contribution is 2.32. The van der Waals surface area contributed by atoms with Crippen molar-refractivity contribution >= 4 is 0 Å². The highest BCUT2D eigenvalue weighted by molar-refractivity contribution is 5.45. The lowest BCUT2D eigenvalue weighted by Crippen LogP contribution is -2.07. The van der Waals surface area contributed by atoms with Gasteiger partial charge in [0.1, 0.15) is 17.2 Å². The lowest BCUT2D eigenvalue weighted by atomic mass is 10.1. The molecule has 2 rings (SSSR count). The number of rotatable bonds is 5. The van der Waals surface area contributed by atoms with Crippen LogP contribution in [0.15, 0.2) is 18.2 Å². The highest BCUT2D eigenvalue weighted by Gasteiger charge is 2.13. The summed E-state index contributed by atoms with van der Waals surface area (Å²) in [6, 6.07) is 5.27. The molecule has 0 spiro atoms. The fourth-order valence-corrected chi connectivity index (χ4v) is 1.91. The van der Waals surface area contributed by atoms with Crippen molar-refractivity contribution in [3.05, 3.63) is 35.0 Å². The molecule has 21 heavy (non-hydrogen) atoms. The van der Waals surface area contributed by atoms with Gasteiger partial charge < -0.3 is 19.9 Å². The van der Waals surface area contributed by atoms with Gasteiger partial charge in [0, 0.05) is 30.3 Å². The molecule has 0 fully saturated rings.